The van der Waals surface area contributed by atoms with Gasteiger partial charge in [0.05, 0.1) is 15.1 Å². The molecule has 1 fully saturated rings. The van der Waals surface area contributed by atoms with E-state index in [1.54, 1.807) is 0 Å². The molecule has 0 spiro atoms. The molecule has 0 aliphatic carbocycles. The van der Waals surface area contributed by atoms with Gasteiger partial charge in [-0.25, -0.2) is 0 Å². The molecule has 0 aromatic heterocycles. The van der Waals surface area contributed by atoms with Crippen molar-refractivity contribution in [3.05, 3.63) is 27.2 Å². The number of rotatable bonds is 4. The zero-order valence-electron chi connectivity index (χ0n) is 10.7. The van der Waals surface area contributed by atoms with Gasteiger partial charge in [0, 0.05) is 18.7 Å². The van der Waals surface area contributed by atoms with Crippen molar-refractivity contribution in [2.45, 2.75) is 18.9 Å². The van der Waals surface area contributed by atoms with E-state index in [9.17, 15) is 4.79 Å². The van der Waals surface area contributed by atoms with Crippen LogP contribution < -0.4 is 15.4 Å². The van der Waals surface area contributed by atoms with Crippen molar-refractivity contribution in [3.63, 3.8) is 0 Å². The number of carbonyl (C=O) groups excluding carboxylic acids is 1. The molecule has 2 rings (SSSR count). The predicted molar refractivity (Wildman–Crippen MR) is 81.0 cm³/mol. The summed E-state index contributed by atoms with van der Waals surface area (Å²) in [5.74, 6) is 0.166. The maximum Gasteiger partial charge on any atom is 0.258 e. The molecule has 1 amide bonds. The first-order valence-electron chi connectivity index (χ1n) is 6.33. The van der Waals surface area contributed by atoms with E-state index in [0.29, 0.717) is 20.8 Å². The molecule has 1 aromatic rings. The van der Waals surface area contributed by atoms with Crippen molar-refractivity contribution in [2.24, 2.45) is 0 Å². The van der Waals surface area contributed by atoms with Crippen LogP contribution in [0.3, 0.4) is 0 Å². The van der Waals surface area contributed by atoms with Crippen LogP contribution in [0.2, 0.25) is 15.1 Å². The van der Waals surface area contributed by atoms with E-state index in [-0.39, 0.29) is 18.6 Å². The summed E-state index contributed by atoms with van der Waals surface area (Å²) in [4.78, 5) is 11.8. The summed E-state index contributed by atoms with van der Waals surface area (Å²) in [5, 5.41) is 7.14. The van der Waals surface area contributed by atoms with Crippen LogP contribution >= 0.6 is 34.8 Å². The van der Waals surface area contributed by atoms with E-state index in [2.05, 4.69) is 10.6 Å². The quantitative estimate of drug-likeness (QED) is 0.831. The molecule has 2 N–H and O–H groups in total. The number of piperidine rings is 1. The molecule has 1 aliphatic heterocycles. The SMILES string of the molecule is O=C(COc1cc(Cl)c(Cl)cc1Cl)NC1CCCNC1. The van der Waals surface area contributed by atoms with Gasteiger partial charge in [-0.05, 0) is 25.5 Å². The first-order chi connectivity index (χ1) is 9.56. The van der Waals surface area contributed by atoms with Crippen LogP contribution in [0.4, 0.5) is 0 Å². The van der Waals surface area contributed by atoms with Crippen LogP contribution in [0.5, 0.6) is 5.75 Å². The van der Waals surface area contributed by atoms with Crippen LogP contribution in [-0.2, 0) is 4.79 Å². The summed E-state index contributed by atoms with van der Waals surface area (Å²) < 4.78 is 5.37. The lowest BCUT2D eigenvalue weighted by Crippen LogP contribution is -2.47. The van der Waals surface area contributed by atoms with E-state index in [4.69, 9.17) is 39.5 Å². The van der Waals surface area contributed by atoms with Crippen molar-refractivity contribution >= 4 is 40.7 Å². The maximum absolute atomic E-state index is 11.8. The molecular weight excluding hydrogens is 323 g/mol. The highest BCUT2D eigenvalue weighted by atomic mass is 35.5. The monoisotopic (exact) mass is 336 g/mol. The number of ether oxygens (including phenoxy) is 1. The van der Waals surface area contributed by atoms with E-state index in [0.717, 1.165) is 25.9 Å². The number of hydrogen-bond acceptors (Lipinski definition) is 3. The fourth-order valence-corrected chi connectivity index (χ4v) is 2.59. The lowest BCUT2D eigenvalue weighted by molar-refractivity contribution is -0.123. The number of halogens is 3. The Hall–Kier alpha value is -0.680. The van der Waals surface area contributed by atoms with Gasteiger partial charge in [-0.2, -0.15) is 0 Å². The Kier molecular flexibility index (Phi) is 5.78. The third kappa shape index (κ3) is 4.42. The molecule has 110 valence electrons. The predicted octanol–water partition coefficient (Wildman–Crippen LogP) is 2.89. The van der Waals surface area contributed by atoms with Crippen LogP contribution in [0.25, 0.3) is 0 Å². The Balaban J connectivity index is 1.85. The van der Waals surface area contributed by atoms with E-state index in [1.165, 1.54) is 12.1 Å². The van der Waals surface area contributed by atoms with Gasteiger partial charge in [0.15, 0.2) is 6.61 Å². The number of hydrogen-bond donors (Lipinski definition) is 2. The van der Waals surface area contributed by atoms with Gasteiger partial charge in [0.1, 0.15) is 5.75 Å². The molecule has 1 unspecified atom stereocenters. The average Bonchev–Trinajstić information content (AvgIpc) is 2.42. The Morgan fingerprint density at radius 2 is 2.05 bits per heavy atom. The second kappa shape index (κ2) is 7.36. The highest BCUT2D eigenvalue weighted by Gasteiger charge is 2.16. The van der Waals surface area contributed by atoms with Gasteiger partial charge in [0.25, 0.3) is 5.91 Å². The summed E-state index contributed by atoms with van der Waals surface area (Å²) in [7, 11) is 0. The lowest BCUT2D eigenvalue weighted by atomic mass is 10.1. The van der Waals surface area contributed by atoms with Gasteiger partial charge in [-0.1, -0.05) is 34.8 Å². The molecule has 1 atom stereocenters. The smallest absolute Gasteiger partial charge is 0.258 e. The first kappa shape index (κ1) is 15.7. The van der Waals surface area contributed by atoms with Gasteiger partial charge < -0.3 is 15.4 Å². The summed E-state index contributed by atoms with van der Waals surface area (Å²) in [5.41, 5.74) is 0. The molecular formula is C13H15Cl3N2O2. The number of amides is 1. The number of carbonyl (C=O) groups is 1. The molecule has 1 saturated heterocycles. The van der Waals surface area contributed by atoms with Gasteiger partial charge in [0.2, 0.25) is 0 Å². The first-order valence-corrected chi connectivity index (χ1v) is 7.47. The summed E-state index contributed by atoms with van der Waals surface area (Å²) in [6.07, 6.45) is 2.04. The molecule has 0 radical (unpaired) electrons. The Labute approximate surface area is 132 Å². The molecule has 1 heterocycles. The zero-order chi connectivity index (χ0) is 14.5. The van der Waals surface area contributed by atoms with Crippen molar-refractivity contribution in [1.82, 2.24) is 10.6 Å². The van der Waals surface area contributed by atoms with E-state index < -0.39 is 0 Å². The second-order valence-electron chi connectivity index (χ2n) is 4.60. The fourth-order valence-electron chi connectivity index (χ4n) is 2.00. The van der Waals surface area contributed by atoms with Crippen LogP contribution in [-0.4, -0.2) is 31.6 Å². The molecule has 1 aliphatic rings. The molecule has 0 bridgehead atoms. The minimum absolute atomic E-state index is 0.103. The number of nitrogens with one attached hydrogen (secondary N) is 2. The highest BCUT2D eigenvalue weighted by molar-refractivity contribution is 6.43. The van der Waals surface area contributed by atoms with Crippen LogP contribution in [0.15, 0.2) is 12.1 Å². The van der Waals surface area contributed by atoms with Crippen LogP contribution in [0.1, 0.15) is 12.8 Å². The van der Waals surface area contributed by atoms with Crippen molar-refractivity contribution < 1.29 is 9.53 Å². The third-order valence-electron chi connectivity index (χ3n) is 3.00. The fraction of sp³-hybridized carbons (Fsp3) is 0.462. The molecule has 1 aromatic carbocycles. The minimum Gasteiger partial charge on any atom is -0.482 e. The molecule has 20 heavy (non-hydrogen) atoms. The van der Waals surface area contributed by atoms with E-state index >= 15 is 0 Å². The average molecular weight is 338 g/mol. The zero-order valence-corrected chi connectivity index (χ0v) is 13.0. The van der Waals surface area contributed by atoms with Gasteiger partial charge in [-0.15, -0.1) is 0 Å². The maximum atomic E-state index is 11.8. The summed E-state index contributed by atoms with van der Waals surface area (Å²) in [6, 6.07) is 3.15. The largest absolute Gasteiger partial charge is 0.482 e. The summed E-state index contributed by atoms with van der Waals surface area (Å²) in [6.45, 7) is 1.69. The lowest BCUT2D eigenvalue weighted by Gasteiger charge is -2.23. The Morgan fingerprint density at radius 3 is 2.75 bits per heavy atom. The Morgan fingerprint density at radius 1 is 1.30 bits per heavy atom. The van der Waals surface area contributed by atoms with Gasteiger partial charge in [-0.3, -0.25) is 4.79 Å². The second-order valence-corrected chi connectivity index (χ2v) is 5.82. The number of benzene rings is 1. The van der Waals surface area contributed by atoms with E-state index in [1.807, 2.05) is 0 Å². The highest BCUT2D eigenvalue weighted by Crippen LogP contribution is 2.33. The van der Waals surface area contributed by atoms with Crippen molar-refractivity contribution in [2.75, 3.05) is 19.7 Å². The minimum atomic E-state index is -0.180. The normalized spacial score (nSPS) is 18.6. The van der Waals surface area contributed by atoms with Crippen molar-refractivity contribution in [3.8, 4) is 5.75 Å². The topological polar surface area (TPSA) is 50.4 Å². The summed E-state index contributed by atoms with van der Waals surface area (Å²) >= 11 is 17.7. The Bertz CT molecular complexity index is 491. The van der Waals surface area contributed by atoms with Gasteiger partial charge >= 0.3 is 0 Å². The molecule has 4 nitrogen and oxygen atoms in total. The van der Waals surface area contributed by atoms with Crippen molar-refractivity contribution in [1.29, 1.82) is 0 Å². The van der Waals surface area contributed by atoms with Crippen LogP contribution in [0, 0.1) is 0 Å². The standard InChI is InChI=1S/C13H15Cl3N2O2/c14-9-4-11(16)12(5-10(9)15)20-7-13(19)18-8-2-1-3-17-6-8/h4-5,8,17H,1-3,6-7H2,(H,18,19). The molecule has 0 saturated carbocycles. The molecule has 7 heteroatoms. The third-order valence-corrected chi connectivity index (χ3v) is 4.01.